The van der Waals surface area contributed by atoms with Crippen LogP contribution < -0.4 is 15.4 Å². The quantitative estimate of drug-likeness (QED) is 0.845. The fourth-order valence-electron chi connectivity index (χ4n) is 1.92. The molecular formula is C16H23N3OS. The smallest absolute Gasteiger partial charge is 0.239 e. The number of pyridine rings is 1. The molecule has 114 valence electrons. The highest BCUT2D eigenvalue weighted by atomic mass is 32.1. The van der Waals surface area contributed by atoms with E-state index in [9.17, 15) is 0 Å². The lowest BCUT2D eigenvalue weighted by atomic mass is 10.2. The maximum atomic E-state index is 5.95. The maximum absolute atomic E-state index is 5.95. The largest absolute Gasteiger partial charge is 0.476 e. The van der Waals surface area contributed by atoms with E-state index in [-0.39, 0.29) is 0 Å². The zero-order valence-corrected chi connectivity index (χ0v) is 13.7. The number of nitrogens with zero attached hydrogens (tertiary/aromatic N) is 2. The van der Waals surface area contributed by atoms with Gasteiger partial charge in [-0.1, -0.05) is 19.9 Å². The summed E-state index contributed by atoms with van der Waals surface area (Å²) >= 11 is 1.76. The van der Waals surface area contributed by atoms with Crippen molar-refractivity contribution in [3.8, 4) is 5.88 Å². The molecule has 0 radical (unpaired) electrons. The van der Waals surface area contributed by atoms with Crippen molar-refractivity contribution in [1.82, 2.24) is 4.98 Å². The van der Waals surface area contributed by atoms with E-state index in [4.69, 9.17) is 10.5 Å². The van der Waals surface area contributed by atoms with Gasteiger partial charge in [0.15, 0.2) is 0 Å². The third kappa shape index (κ3) is 4.36. The van der Waals surface area contributed by atoms with Gasteiger partial charge in [-0.05, 0) is 36.4 Å². The second kappa shape index (κ2) is 7.31. The summed E-state index contributed by atoms with van der Waals surface area (Å²) in [6.07, 6.45) is 0. The molecule has 0 amide bonds. The molecule has 0 saturated heterocycles. The molecule has 2 N–H and O–H groups in total. The third-order valence-corrected chi connectivity index (χ3v) is 3.92. The van der Waals surface area contributed by atoms with Crippen molar-refractivity contribution in [1.29, 1.82) is 0 Å². The van der Waals surface area contributed by atoms with Crippen molar-refractivity contribution in [2.75, 3.05) is 23.8 Å². The number of rotatable bonds is 7. The Balaban J connectivity index is 2.15. The summed E-state index contributed by atoms with van der Waals surface area (Å²) in [6.45, 7) is 8.70. The minimum Gasteiger partial charge on any atom is -0.476 e. The number of hydrogen-bond donors (Lipinski definition) is 1. The number of thiophene rings is 1. The van der Waals surface area contributed by atoms with E-state index in [2.05, 4.69) is 48.2 Å². The Morgan fingerprint density at radius 3 is 2.76 bits per heavy atom. The summed E-state index contributed by atoms with van der Waals surface area (Å²) in [7, 11) is 0. The van der Waals surface area contributed by atoms with Crippen LogP contribution in [0, 0.1) is 5.92 Å². The Kier molecular flexibility index (Phi) is 5.44. The van der Waals surface area contributed by atoms with Crippen LogP contribution in [0.25, 0.3) is 0 Å². The Labute approximate surface area is 130 Å². The van der Waals surface area contributed by atoms with E-state index in [0.29, 0.717) is 24.1 Å². The van der Waals surface area contributed by atoms with Gasteiger partial charge >= 0.3 is 0 Å². The van der Waals surface area contributed by atoms with Gasteiger partial charge in [0.05, 0.1) is 18.8 Å². The van der Waals surface area contributed by atoms with Crippen molar-refractivity contribution in [3.63, 3.8) is 0 Å². The molecular weight excluding hydrogens is 282 g/mol. The highest BCUT2D eigenvalue weighted by molar-refractivity contribution is 7.09. The number of nitrogens with two attached hydrogens (primary N) is 1. The number of nitrogen functional groups attached to an aromatic ring is 1. The topological polar surface area (TPSA) is 51.4 Å². The molecule has 0 aliphatic rings. The predicted octanol–water partition coefficient (Wildman–Crippen LogP) is 3.79. The molecule has 5 heteroatoms. The predicted molar refractivity (Wildman–Crippen MR) is 90.0 cm³/mol. The Morgan fingerprint density at radius 1 is 1.33 bits per heavy atom. The average molecular weight is 305 g/mol. The van der Waals surface area contributed by atoms with Crippen molar-refractivity contribution in [3.05, 3.63) is 34.5 Å². The van der Waals surface area contributed by atoms with Crippen molar-refractivity contribution in [2.45, 2.75) is 27.3 Å². The molecule has 0 saturated carbocycles. The lowest BCUT2D eigenvalue weighted by molar-refractivity contribution is 0.263. The van der Waals surface area contributed by atoms with Crippen LogP contribution in [0.4, 0.5) is 11.5 Å². The first-order chi connectivity index (χ1) is 10.1. The standard InChI is InChI=1S/C16H23N3OS/c1-4-19(10-13-6-5-9-21-13)15-8-7-14(17)16(18-15)20-11-12(2)3/h5-9,12H,4,10-11,17H2,1-3H3. The number of ether oxygens (including phenoxy) is 1. The highest BCUT2D eigenvalue weighted by Crippen LogP contribution is 2.25. The highest BCUT2D eigenvalue weighted by Gasteiger charge is 2.11. The van der Waals surface area contributed by atoms with Gasteiger partial charge < -0.3 is 15.4 Å². The van der Waals surface area contributed by atoms with Crippen molar-refractivity contribution in [2.24, 2.45) is 5.92 Å². The average Bonchev–Trinajstić information content (AvgIpc) is 2.97. The first-order valence-electron chi connectivity index (χ1n) is 7.26. The minimum absolute atomic E-state index is 0.447. The first-order valence-corrected chi connectivity index (χ1v) is 8.14. The van der Waals surface area contributed by atoms with Crippen LogP contribution in [0.2, 0.25) is 0 Å². The van der Waals surface area contributed by atoms with E-state index < -0.39 is 0 Å². The van der Waals surface area contributed by atoms with E-state index in [0.717, 1.165) is 18.9 Å². The SMILES string of the molecule is CCN(Cc1cccs1)c1ccc(N)c(OCC(C)C)n1. The summed E-state index contributed by atoms with van der Waals surface area (Å²) in [5.41, 5.74) is 6.54. The van der Waals surface area contributed by atoms with Gasteiger partial charge in [-0.3, -0.25) is 0 Å². The molecule has 0 spiro atoms. The van der Waals surface area contributed by atoms with E-state index in [1.165, 1.54) is 4.88 Å². The summed E-state index contributed by atoms with van der Waals surface area (Å²) in [4.78, 5) is 8.11. The number of anilines is 2. The minimum atomic E-state index is 0.447. The molecule has 2 aromatic heterocycles. The number of aromatic nitrogens is 1. The number of hydrogen-bond acceptors (Lipinski definition) is 5. The maximum Gasteiger partial charge on any atom is 0.239 e. The second-order valence-electron chi connectivity index (χ2n) is 5.36. The molecule has 21 heavy (non-hydrogen) atoms. The summed E-state index contributed by atoms with van der Waals surface area (Å²) in [5.74, 6) is 1.88. The van der Waals surface area contributed by atoms with Crippen LogP contribution in [0.1, 0.15) is 25.6 Å². The lowest BCUT2D eigenvalue weighted by Crippen LogP contribution is -2.23. The molecule has 0 aliphatic heterocycles. The van der Waals surface area contributed by atoms with Crippen molar-refractivity contribution < 1.29 is 4.74 Å². The molecule has 4 nitrogen and oxygen atoms in total. The monoisotopic (exact) mass is 305 g/mol. The lowest BCUT2D eigenvalue weighted by Gasteiger charge is -2.22. The molecule has 2 rings (SSSR count). The van der Waals surface area contributed by atoms with E-state index in [1.807, 2.05) is 12.1 Å². The summed E-state index contributed by atoms with van der Waals surface area (Å²) in [5, 5.41) is 2.09. The molecule has 2 aromatic rings. The fraction of sp³-hybridized carbons (Fsp3) is 0.438. The molecule has 0 unspecified atom stereocenters. The van der Waals surface area contributed by atoms with Crippen molar-refractivity contribution >= 4 is 22.8 Å². The van der Waals surface area contributed by atoms with Crippen LogP contribution in [0.3, 0.4) is 0 Å². The van der Waals surface area contributed by atoms with Gasteiger partial charge in [0.1, 0.15) is 5.82 Å². The van der Waals surface area contributed by atoms with Gasteiger partial charge in [-0.2, -0.15) is 4.98 Å². The normalized spacial score (nSPS) is 10.9. The zero-order valence-electron chi connectivity index (χ0n) is 12.9. The van der Waals surface area contributed by atoms with Gasteiger partial charge in [0.2, 0.25) is 5.88 Å². The Hall–Kier alpha value is -1.75. The zero-order chi connectivity index (χ0) is 15.2. The van der Waals surface area contributed by atoms with Crippen LogP contribution in [-0.4, -0.2) is 18.1 Å². The van der Waals surface area contributed by atoms with Crippen LogP contribution in [0.15, 0.2) is 29.6 Å². The van der Waals surface area contributed by atoms with E-state index in [1.54, 1.807) is 11.3 Å². The second-order valence-corrected chi connectivity index (χ2v) is 6.39. The third-order valence-electron chi connectivity index (χ3n) is 3.06. The van der Waals surface area contributed by atoms with Crippen LogP contribution >= 0.6 is 11.3 Å². The van der Waals surface area contributed by atoms with Gasteiger partial charge in [0.25, 0.3) is 0 Å². The molecule has 0 bridgehead atoms. The van der Waals surface area contributed by atoms with Gasteiger partial charge in [-0.25, -0.2) is 0 Å². The van der Waals surface area contributed by atoms with Gasteiger partial charge in [-0.15, -0.1) is 11.3 Å². The Bertz CT molecular complexity index is 555. The summed E-state index contributed by atoms with van der Waals surface area (Å²) in [6, 6.07) is 8.03. The van der Waals surface area contributed by atoms with E-state index >= 15 is 0 Å². The molecule has 0 aromatic carbocycles. The Morgan fingerprint density at radius 2 is 2.14 bits per heavy atom. The first kappa shape index (κ1) is 15.6. The van der Waals surface area contributed by atoms with Gasteiger partial charge in [0, 0.05) is 11.4 Å². The van der Waals surface area contributed by atoms with Crippen LogP contribution in [-0.2, 0) is 6.54 Å². The molecule has 2 heterocycles. The fourth-order valence-corrected chi connectivity index (χ4v) is 2.64. The molecule has 0 aliphatic carbocycles. The molecule has 0 atom stereocenters. The summed E-state index contributed by atoms with van der Waals surface area (Å²) < 4.78 is 5.71. The van der Waals surface area contributed by atoms with Crippen LogP contribution in [0.5, 0.6) is 5.88 Å². The molecule has 0 fully saturated rings.